The molecule has 0 aliphatic carbocycles. The van der Waals surface area contributed by atoms with Gasteiger partial charge in [0.15, 0.2) is 16.7 Å². The Hall–Kier alpha value is -2.61. The Morgan fingerprint density at radius 2 is 1.91 bits per heavy atom. The summed E-state index contributed by atoms with van der Waals surface area (Å²) in [4.78, 5) is 19.5. The van der Waals surface area contributed by atoms with Crippen LogP contribution in [0.25, 0.3) is 0 Å². The average molecular weight is 519 g/mol. The van der Waals surface area contributed by atoms with Crippen LogP contribution in [0.2, 0.25) is 10.0 Å². The van der Waals surface area contributed by atoms with Crippen molar-refractivity contribution in [3.05, 3.63) is 80.4 Å². The van der Waals surface area contributed by atoms with Gasteiger partial charge >= 0.3 is 5.97 Å². The number of hydrogen-bond donors (Lipinski definition) is 0. The number of nitrogens with zero attached hydrogens (tertiary/aromatic N) is 2. The summed E-state index contributed by atoms with van der Waals surface area (Å²) in [5.74, 6) is 0.769. The Balaban J connectivity index is 1.68. The fourth-order valence-electron chi connectivity index (χ4n) is 3.77. The predicted octanol–water partition coefficient (Wildman–Crippen LogP) is 6.74. The Morgan fingerprint density at radius 3 is 2.65 bits per heavy atom. The van der Waals surface area contributed by atoms with Gasteiger partial charge in [0.25, 0.3) is 0 Å². The van der Waals surface area contributed by atoms with Gasteiger partial charge in [-0.15, -0.1) is 0 Å². The molecule has 4 rings (SSSR count). The number of halogens is 2. The second-order valence-electron chi connectivity index (χ2n) is 7.49. The Bertz CT molecular complexity index is 1200. The molecular formula is C25H24Cl2N2O4S. The van der Waals surface area contributed by atoms with Crippen molar-refractivity contribution < 1.29 is 19.0 Å². The molecule has 2 aromatic carbocycles. The molecule has 178 valence electrons. The maximum Gasteiger partial charge on any atom is 0.338 e. The van der Waals surface area contributed by atoms with Crippen LogP contribution in [0.4, 0.5) is 0 Å². The molecule has 0 N–H and O–H groups in total. The first-order valence-electron chi connectivity index (χ1n) is 10.8. The van der Waals surface area contributed by atoms with Crippen LogP contribution in [0.1, 0.15) is 37.9 Å². The van der Waals surface area contributed by atoms with Gasteiger partial charge in [-0.05, 0) is 56.0 Å². The van der Waals surface area contributed by atoms with E-state index in [0.717, 1.165) is 16.3 Å². The number of fused-ring (bicyclic) bond motifs is 1. The number of allylic oxidation sites excluding steroid dienone is 1. The van der Waals surface area contributed by atoms with Crippen LogP contribution in [0.5, 0.6) is 11.5 Å². The Labute approximate surface area is 213 Å². The number of rotatable bonds is 8. The standard InChI is InChI=1S/C25H24Cl2N2O4S/c1-4-31-21-12-16(7-9-20(21)33-14-17-6-8-18(26)13-19(17)27)23-22(24(30)32-5-2)15(3)28-25-29(23)10-11-34-25/h6-13,23H,4-5,14H2,1-3H3/t23-/m0/s1. The molecule has 2 aliphatic heterocycles. The van der Waals surface area contributed by atoms with E-state index in [4.69, 9.17) is 37.4 Å². The van der Waals surface area contributed by atoms with Crippen LogP contribution in [0.15, 0.2) is 64.3 Å². The second kappa shape index (κ2) is 10.8. The normalized spacial score (nSPS) is 16.9. The lowest BCUT2D eigenvalue weighted by Crippen LogP contribution is -2.34. The third-order valence-electron chi connectivity index (χ3n) is 5.30. The van der Waals surface area contributed by atoms with Gasteiger partial charge in [-0.3, -0.25) is 0 Å². The first kappa shape index (κ1) is 24.5. The molecule has 0 fully saturated rings. The summed E-state index contributed by atoms with van der Waals surface area (Å²) in [5.41, 5.74) is 2.82. The van der Waals surface area contributed by atoms with Crippen LogP contribution in [0.3, 0.4) is 0 Å². The van der Waals surface area contributed by atoms with Crippen molar-refractivity contribution in [2.75, 3.05) is 13.2 Å². The van der Waals surface area contributed by atoms with Gasteiger partial charge in [0.1, 0.15) is 6.61 Å². The molecule has 0 radical (unpaired) electrons. The molecule has 0 saturated heterocycles. The minimum atomic E-state index is -0.392. The molecule has 2 heterocycles. The lowest BCUT2D eigenvalue weighted by Gasteiger charge is -2.33. The molecule has 0 amide bonds. The number of carbonyl (C=O) groups is 1. The molecule has 9 heteroatoms. The van der Waals surface area contributed by atoms with Gasteiger partial charge in [0.2, 0.25) is 0 Å². The van der Waals surface area contributed by atoms with Crippen molar-refractivity contribution in [1.82, 2.24) is 4.90 Å². The highest BCUT2D eigenvalue weighted by atomic mass is 35.5. The number of ether oxygens (including phenoxy) is 3. The highest BCUT2D eigenvalue weighted by molar-refractivity contribution is 8.16. The summed E-state index contributed by atoms with van der Waals surface area (Å²) >= 11 is 13.8. The zero-order chi connectivity index (χ0) is 24.2. The third kappa shape index (κ3) is 5.06. The van der Waals surface area contributed by atoms with Gasteiger partial charge in [0.05, 0.1) is 30.5 Å². The quantitative estimate of drug-likeness (QED) is 0.360. The van der Waals surface area contributed by atoms with Crippen LogP contribution >= 0.6 is 35.0 Å². The number of amidine groups is 1. The topological polar surface area (TPSA) is 60.4 Å². The second-order valence-corrected chi connectivity index (χ2v) is 9.21. The zero-order valence-electron chi connectivity index (χ0n) is 19.0. The number of aliphatic imine (C=N–C) groups is 1. The van der Waals surface area contributed by atoms with Crippen molar-refractivity contribution in [3.8, 4) is 11.5 Å². The smallest absolute Gasteiger partial charge is 0.338 e. The summed E-state index contributed by atoms with van der Waals surface area (Å²) in [6.45, 7) is 6.53. The number of hydrogen-bond acceptors (Lipinski definition) is 7. The molecule has 0 bridgehead atoms. The van der Waals surface area contributed by atoms with E-state index in [1.165, 1.54) is 11.8 Å². The molecule has 6 nitrogen and oxygen atoms in total. The van der Waals surface area contributed by atoms with E-state index < -0.39 is 6.04 Å². The molecule has 34 heavy (non-hydrogen) atoms. The lowest BCUT2D eigenvalue weighted by molar-refractivity contribution is -0.139. The van der Waals surface area contributed by atoms with Gasteiger partial charge in [0, 0.05) is 21.8 Å². The number of thioether (sulfide) groups is 1. The van der Waals surface area contributed by atoms with Crippen LogP contribution in [0, 0.1) is 0 Å². The van der Waals surface area contributed by atoms with E-state index in [2.05, 4.69) is 4.99 Å². The maximum absolute atomic E-state index is 12.9. The summed E-state index contributed by atoms with van der Waals surface area (Å²) in [7, 11) is 0. The average Bonchev–Trinajstić information content (AvgIpc) is 3.26. The van der Waals surface area contributed by atoms with E-state index in [0.29, 0.717) is 39.4 Å². The van der Waals surface area contributed by atoms with E-state index in [-0.39, 0.29) is 19.2 Å². The molecule has 2 aliphatic rings. The van der Waals surface area contributed by atoms with Crippen molar-refractivity contribution in [2.45, 2.75) is 33.4 Å². The van der Waals surface area contributed by atoms with Crippen molar-refractivity contribution in [2.24, 2.45) is 4.99 Å². The SMILES string of the molecule is CCOC(=O)C1=C(C)N=C2SC=CN2[C@H]1c1ccc(OCc2ccc(Cl)cc2Cl)c(OCC)c1. The first-order chi connectivity index (χ1) is 16.4. The third-order valence-corrected chi connectivity index (χ3v) is 6.66. The highest BCUT2D eigenvalue weighted by Gasteiger charge is 2.37. The van der Waals surface area contributed by atoms with Crippen LogP contribution < -0.4 is 9.47 Å². The van der Waals surface area contributed by atoms with Crippen molar-refractivity contribution in [3.63, 3.8) is 0 Å². The Kier molecular flexibility index (Phi) is 7.76. The summed E-state index contributed by atoms with van der Waals surface area (Å²) < 4.78 is 17.3. The number of benzene rings is 2. The lowest BCUT2D eigenvalue weighted by atomic mass is 9.94. The monoisotopic (exact) mass is 518 g/mol. The molecule has 1 atom stereocenters. The molecule has 0 unspecified atom stereocenters. The van der Waals surface area contributed by atoms with Gasteiger partial charge in [-0.2, -0.15) is 0 Å². The van der Waals surface area contributed by atoms with E-state index in [9.17, 15) is 4.79 Å². The fraction of sp³-hybridized carbons (Fsp3) is 0.280. The predicted molar refractivity (Wildman–Crippen MR) is 136 cm³/mol. The van der Waals surface area contributed by atoms with E-state index in [1.54, 1.807) is 19.1 Å². The molecule has 0 saturated carbocycles. The fourth-order valence-corrected chi connectivity index (χ4v) is 5.03. The molecular weight excluding hydrogens is 495 g/mol. The highest BCUT2D eigenvalue weighted by Crippen LogP contribution is 2.43. The molecule has 0 aromatic heterocycles. The van der Waals surface area contributed by atoms with E-state index >= 15 is 0 Å². The minimum absolute atomic E-state index is 0.258. The first-order valence-corrected chi connectivity index (χ1v) is 12.5. The van der Waals surface area contributed by atoms with Crippen LogP contribution in [-0.4, -0.2) is 29.3 Å². The maximum atomic E-state index is 12.9. The summed E-state index contributed by atoms with van der Waals surface area (Å²) in [6, 6.07) is 10.6. The largest absolute Gasteiger partial charge is 0.490 e. The van der Waals surface area contributed by atoms with Gasteiger partial charge in [-0.25, -0.2) is 9.79 Å². The van der Waals surface area contributed by atoms with Crippen molar-refractivity contribution in [1.29, 1.82) is 0 Å². The van der Waals surface area contributed by atoms with Crippen LogP contribution in [-0.2, 0) is 16.1 Å². The minimum Gasteiger partial charge on any atom is -0.490 e. The molecule has 0 spiro atoms. The van der Waals surface area contributed by atoms with Gasteiger partial charge in [-0.1, -0.05) is 47.1 Å². The van der Waals surface area contributed by atoms with E-state index in [1.807, 2.05) is 54.6 Å². The van der Waals surface area contributed by atoms with Gasteiger partial charge < -0.3 is 19.1 Å². The number of carbonyl (C=O) groups excluding carboxylic acids is 1. The van der Waals surface area contributed by atoms with Crippen molar-refractivity contribution >= 4 is 46.1 Å². The zero-order valence-corrected chi connectivity index (χ0v) is 21.3. The molecule has 2 aromatic rings. The summed E-state index contributed by atoms with van der Waals surface area (Å²) in [5, 5.41) is 3.86. The number of esters is 1. The Morgan fingerprint density at radius 1 is 1.09 bits per heavy atom. The summed E-state index contributed by atoms with van der Waals surface area (Å²) in [6.07, 6.45) is 1.92.